The lowest BCUT2D eigenvalue weighted by atomic mass is 10.1. The molecule has 1 fully saturated rings. The van der Waals surface area contributed by atoms with Crippen LogP contribution >= 0.6 is 11.6 Å². The van der Waals surface area contributed by atoms with Crippen LogP contribution in [0.25, 0.3) is 0 Å². The van der Waals surface area contributed by atoms with Crippen LogP contribution in [0.5, 0.6) is 0 Å². The van der Waals surface area contributed by atoms with E-state index in [0.29, 0.717) is 62.2 Å². The van der Waals surface area contributed by atoms with E-state index in [1.54, 1.807) is 18.5 Å². The summed E-state index contributed by atoms with van der Waals surface area (Å²) < 4.78 is 34.3. The maximum absolute atomic E-state index is 13.0. The predicted octanol–water partition coefficient (Wildman–Crippen LogP) is 1.92. The van der Waals surface area contributed by atoms with E-state index < -0.39 is 10.0 Å². The van der Waals surface area contributed by atoms with E-state index in [9.17, 15) is 13.2 Å². The predicted molar refractivity (Wildman–Crippen MR) is 114 cm³/mol. The van der Waals surface area contributed by atoms with Gasteiger partial charge in [-0.2, -0.15) is 9.40 Å². The first-order chi connectivity index (χ1) is 14.3. The van der Waals surface area contributed by atoms with Crippen molar-refractivity contribution in [3.63, 3.8) is 0 Å². The van der Waals surface area contributed by atoms with Crippen LogP contribution in [0.2, 0.25) is 5.02 Å². The standard InChI is InChI=1S/C20H27ClN4O4S/c1-15-20(30(27,28)24-11-13-29-14-12-24)16(2)25(23-15)10-8-19(26)22-9-7-17-3-5-18(21)6-4-17/h3-6H,7-14H2,1-2H3,(H,22,26). The van der Waals surface area contributed by atoms with Gasteiger partial charge in [0.15, 0.2) is 0 Å². The van der Waals surface area contributed by atoms with Gasteiger partial charge in [-0.05, 0) is 38.0 Å². The zero-order valence-corrected chi connectivity index (χ0v) is 18.8. The number of sulfonamides is 1. The summed E-state index contributed by atoms with van der Waals surface area (Å²) in [6.07, 6.45) is 0.935. The first kappa shape index (κ1) is 22.7. The summed E-state index contributed by atoms with van der Waals surface area (Å²) in [5.41, 5.74) is 2.09. The number of ether oxygens (including phenoxy) is 1. The average molecular weight is 455 g/mol. The molecule has 0 unspecified atom stereocenters. The lowest BCUT2D eigenvalue weighted by Gasteiger charge is -2.26. The monoisotopic (exact) mass is 454 g/mol. The van der Waals surface area contributed by atoms with E-state index in [2.05, 4.69) is 10.4 Å². The molecule has 3 rings (SSSR count). The number of nitrogens with one attached hydrogen (secondary N) is 1. The van der Waals surface area contributed by atoms with Crippen molar-refractivity contribution in [1.82, 2.24) is 19.4 Å². The minimum atomic E-state index is -3.63. The molecule has 1 N–H and O–H groups in total. The van der Waals surface area contributed by atoms with E-state index in [4.69, 9.17) is 16.3 Å². The van der Waals surface area contributed by atoms with Crippen molar-refractivity contribution in [3.8, 4) is 0 Å². The first-order valence-corrected chi connectivity index (χ1v) is 11.7. The third kappa shape index (κ3) is 5.40. The van der Waals surface area contributed by atoms with Gasteiger partial charge in [-0.3, -0.25) is 9.48 Å². The molecule has 0 aliphatic carbocycles. The normalized spacial score (nSPS) is 15.3. The smallest absolute Gasteiger partial charge is 0.246 e. The highest BCUT2D eigenvalue weighted by atomic mass is 35.5. The Hall–Kier alpha value is -1.94. The molecule has 8 nitrogen and oxygen atoms in total. The minimum absolute atomic E-state index is 0.103. The topological polar surface area (TPSA) is 93.5 Å². The molecule has 1 saturated heterocycles. The number of benzene rings is 1. The number of hydrogen-bond donors (Lipinski definition) is 1. The Kier molecular flexibility index (Phi) is 7.51. The molecular formula is C20H27ClN4O4S. The van der Waals surface area contributed by atoms with Crippen molar-refractivity contribution >= 4 is 27.5 Å². The Bertz CT molecular complexity index is 983. The largest absolute Gasteiger partial charge is 0.379 e. The van der Waals surface area contributed by atoms with Crippen LogP contribution in [0.1, 0.15) is 23.4 Å². The van der Waals surface area contributed by atoms with Gasteiger partial charge in [-0.25, -0.2) is 8.42 Å². The van der Waals surface area contributed by atoms with Crippen LogP contribution < -0.4 is 5.32 Å². The van der Waals surface area contributed by atoms with Gasteiger partial charge in [0.2, 0.25) is 15.9 Å². The Morgan fingerprint density at radius 2 is 1.87 bits per heavy atom. The number of carbonyl (C=O) groups is 1. The average Bonchev–Trinajstić information content (AvgIpc) is 3.02. The van der Waals surface area contributed by atoms with Gasteiger partial charge in [0, 0.05) is 31.1 Å². The molecule has 0 atom stereocenters. The van der Waals surface area contributed by atoms with Crippen molar-refractivity contribution in [1.29, 1.82) is 0 Å². The molecule has 2 aromatic rings. The third-order valence-corrected chi connectivity index (χ3v) is 7.49. The Morgan fingerprint density at radius 3 is 2.53 bits per heavy atom. The zero-order valence-electron chi connectivity index (χ0n) is 17.2. The summed E-state index contributed by atoms with van der Waals surface area (Å²) in [7, 11) is -3.63. The van der Waals surface area contributed by atoms with Crippen LogP contribution in [0, 0.1) is 13.8 Å². The number of amides is 1. The van der Waals surface area contributed by atoms with E-state index in [0.717, 1.165) is 5.56 Å². The summed E-state index contributed by atoms with van der Waals surface area (Å²) in [5, 5.41) is 7.93. The maximum Gasteiger partial charge on any atom is 0.246 e. The highest BCUT2D eigenvalue weighted by Gasteiger charge is 2.32. The molecule has 0 bridgehead atoms. The van der Waals surface area contributed by atoms with E-state index in [1.165, 1.54) is 4.31 Å². The molecule has 1 aliphatic rings. The summed E-state index contributed by atoms with van der Waals surface area (Å²) in [5.74, 6) is -0.103. The molecule has 1 amide bonds. The Labute approximate surface area is 182 Å². The fraction of sp³-hybridized carbons (Fsp3) is 0.500. The van der Waals surface area contributed by atoms with Gasteiger partial charge in [0.1, 0.15) is 4.90 Å². The van der Waals surface area contributed by atoms with Crippen molar-refractivity contribution in [2.24, 2.45) is 0 Å². The van der Waals surface area contributed by atoms with Crippen molar-refractivity contribution in [3.05, 3.63) is 46.2 Å². The van der Waals surface area contributed by atoms with Gasteiger partial charge in [-0.1, -0.05) is 23.7 Å². The number of aryl methyl sites for hydroxylation is 2. The van der Waals surface area contributed by atoms with Gasteiger partial charge < -0.3 is 10.1 Å². The van der Waals surface area contributed by atoms with Gasteiger partial charge in [0.25, 0.3) is 0 Å². The molecular weight excluding hydrogens is 428 g/mol. The number of nitrogens with zero attached hydrogens (tertiary/aromatic N) is 3. The second-order valence-corrected chi connectivity index (χ2v) is 9.53. The molecule has 1 aromatic carbocycles. The fourth-order valence-corrected chi connectivity index (χ4v) is 5.39. The van der Waals surface area contributed by atoms with Crippen molar-refractivity contribution < 1.29 is 17.9 Å². The first-order valence-electron chi connectivity index (χ1n) is 9.92. The minimum Gasteiger partial charge on any atom is -0.379 e. The van der Waals surface area contributed by atoms with Crippen LogP contribution in [0.3, 0.4) is 0 Å². The Balaban J connectivity index is 1.56. The van der Waals surface area contributed by atoms with E-state index in [1.807, 2.05) is 24.3 Å². The van der Waals surface area contributed by atoms with Crippen LogP contribution in [0.15, 0.2) is 29.2 Å². The molecule has 1 aromatic heterocycles. The second kappa shape index (κ2) is 9.91. The Morgan fingerprint density at radius 1 is 1.20 bits per heavy atom. The third-order valence-electron chi connectivity index (χ3n) is 5.08. The molecule has 164 valence electrons. The molecule has 0 radical (unpaired) electrons. The maximum atomic E-state index is 13.0. The van der Waals surface area contributed by atoms with E-state index in [-0.39, 0.29) is 17.2 Å². The fourth-order valence-electron chi connectivity index (χ4n) is 3.48. The molecule has 2 heterocycles. The number of aromatic nitrogens is 2. The SMILES string of the molecule is Cc1nn(CCC(=O)NCCc2ccc(Cl)cc2)c(C)c1S(=O)(=O)N1CCOCC1. The van der Waals surface area contributed by atoms with Gasteiger partial charge in [0.05, 0.1) is 31.1 Å². The van der Waals surface area contributed by atoms with E-state index >= 15 is 0 Å². The van der Waals surface area contributed by atoms with Crippen LogP contribution in [0.4, 0.5) is 0 Å². The highest BCUT2D eigenvalue weighted by Crippen LogP contribution is 2.24. The highest BCUT2D eigenvalue weighted by molar-refractivity contribution is 7.89. The zero-order chi connectivity index (χ0) is 21.7. The quantitative estimate of drug-likeness (QED) is 0.657. The summed E-state index contributed by atoms with van der Waals surface area (Å²) >= 11 is 5.87. The summed E-state index contributed by atoms with van der Waals surface area (Å²) in [6.45, 7) is 5.70. The molecule has 1 aliphatic heterocycles. The number of hydrogen-bond acceptors (Lipinski definition) is 5. The molecule has 0 saturated carbocycles. The number of halogens is 1. The van der Waals surface area contributed by atoms with Crippen molar-refractivity contribution in [2.45, 2.75) is 38.1 Å². The molecule has 0 spiro atoms. The van der Waals surface area contributed by atoms with Crippen LogP contribution in [-0.4, -0.2) is 61.3 Å². The number of rotatable bonds is 8. The summed E-state index contributed by atoms with van der Waals surface area (Å²) in [6, 6.07) is 7.51. The van der Waals surface area contributed by atoms with Crippen LogP contribution in [-0.2, 0) is 32.5 Å². The molecule has 10 heteroatoms. The van der Waals surface area contributed by atoms with Gasteiger partial charge in [-0.15, -0.1) is 0 Å². The second-order valence-electron chi connectivity index (χ2n) is 7.22. The molecule has 30 heavy (non-hydrogen) atoms. The van der Waals surface area contributed by atoms with Gasteiger partial charge >= 0.3 is 0 Å². The van der Waals surface area contributed by atoms with Crippen molar-refractivity contribution in [2.75, 3.05) is 32.8 Å². The lowest BCUT2D eigenvalue weighted by molar-refractivity contribution is -0.121. The number of morpholine rings is 1. The number of carbonyl (C=O) groups excluding carboxylic acids is 1. The summed E-state index contributed by atoms with van der Waals surface area (Å²) in [4.78, 5) is 12.4. The lowest BCUT2D eigenvalue weighted by Crippen LogP contribution is -2.41.